The van der Waals surface area contributed by atoms with Crippen molar-refractivity contribution in [3.05, 3.63) is 23.4 Å². The second-order valence-corrected chi connectivity index (χ2v) is 9.14. The number of aliphatic hydroxyl groups is 1. The van der Waals surface area contributed by atoms with Crippen molar-refractivity contribution < 1.29 is 14.7 Å². The topological polar surface area (TPSA) is 41.9 Å². The van der Waals surface area contributed by atoms with Crippen molar-refractivity contribution in [3.63, 3.8) is 0 Å². The van der Waals surface area contributed by atoms with E-state index in [0.717, 1.165) is 62.2 Å². The van der Waals surface area contributed by atoms with Crippen molar-refractivity contribution in [3.8, 4) is 0 Å². The second kappa shape index (κ2) is 7.32. The first-order valence-electron chi connectivity index (χ1n) is 10.0. The third-order valence-electron chi connectivity index (χ3n) is 5.64. The van der Waals surface area contributed by atoms with Crippen molar-refractivity contribution in [2.24, 2.45) is 0 Å². The quantitative estimate of drug-likeness (QED) is 0.758. The van der Waals surface area contributed by atoms with Gasteiger partial charge in [0.1, 0.15) is 5.76 Å². The Morgan fingerprint density at radius 3 is 2.12 bits per heavy atom. The maximum absolute atomic E-state index is 10.2. The first-order chi connectivity index (χ1) is 11.8. The summed E-state index contributed by atoms with van der Waals surface area (Å²) in [7, 11) is 0. The van der Waals surface area contributed by atoms with Gasteiger partial charge in [0.05, 0.1) is 22.9 Å². The molecule has 1 saturated heterocycles. The largest absolute Gasteiger partial charge is 0.463 e. The molecule has 1 heterocycles. The highest BCUT2D eigenvalue weighted by atomic mass is 16.7. The van der Waals surface area contributed by atoms with Gasteiger partial charge >= 0.3 is 0 Å². The predicted octanol–water partition coefficient (Wildman–Crippen LogP) is 5.19. The van der Waals surface area contributed by atoms with Gasteiger partial charge in [0.2, 0.25) is 0 Å². The Kier molecular flexibility index (Phi) is 5.50. The number of rotatable bonds is 4. The van der Waals surface area contributed by atoms with Crippen LogP contribution in [0.25, 0.3) is 0 Å². The van der Waals surface area contributed by atoms with Crippen LogP contribution in [0.4, 0.5) is 0 Å². The molecule has 25 heavy (non-hydrogen) atoms. The normalized spacial score (nSPS) is 27.8. The summed E-state index contributed by atoms with van der Waals surface area (Å²) in [5.41, 5.74) is -0.415. The molecule has 1 fully saturated rings. The fourth-order valence-electron chi connectivity index (χ4n) is 4.68. The molecule has 3 aliphatic rings. The van der Waals surface area contributed by atoms with Gasteiger partial charge in [0.15, 0.2) is 5.76 Å². The molecular formula is C21H35NO3. The van der Waals surface area contributed by atoms with Crippen LogP contribution in [0.2, 0.25) is 0 Å². The third-order valence-corrected chi connectivity index (χ3v) is 5.64. The lowest BCUT2D eigenvalue weighted by Gasteiger charge is -2.52. The fraction of sp³-hybridized carbons (Fsp3) is 0.810. The molecule has 3 rings (SSSR count). The van der Waals surface area contributed by atoms with Crippen LogP contribution in [0.15, 0.2) is 23.4 Å². The summed E-state index contributed by atoms with van der Waals surface area (Å²) in [5.74, 6) is 3.14. The van der Waals surface area contributed by atoms with Gasteiger partial charge in [-0.3, -0.25) is 0 Å². The zero-order chi connectivity index (χ0) is 18.1. The summed E-state index contributed by atoms with van der Waals surface area (Å²) in [4.78, 5) is 6.51. The minimum absolute atomic E-state index is 0.208. The number of aliphatic hydroxyl groups excluding tert-OH is 1. The van der Waals surface area contributed by atoms with Crippen LogP contribution >= 0.6 is 0 Å². The Balaban J connectivity index is 1.80. The number of allylic oxidation sites excluding steroid dienone is 4. The van der Waals surface area contributed by atoms with Gasteiger partial charge in [-0.2, -0.15) is 0 Å². The molecule has 0 saturated carbocycles. The van der Waals surface area contributed by atoms with E-state index in [4.69, 9.17) is 9.57 Å². The van der Waals surface area contributed by atoms with Crippen LogP contribution < -0.4 is 0 Å². The van der Waals surface area contributed by atoms with Crippen LogP contribution in [-0.2, 0) is 9.57 Å². The number of hydroxylamine groups is 2. The molecule has 4 heteroatoms. The molecule has 1 aliphatic heterocycles. The average Bonchev–Trinajstić information content (AvgIpc) is 2.52. The zero-order valence-electron chi connectivity index (χ0n) is 16.4. The van der Waals surface area contributed by atoms with E-state index in [1.54, 1.807) is 0 Å². The van der Waals surface area contributed by atoms with Crippen LogP contribution in [0.5, 0.6) is 0 Å². The highest BCUT2D eigenvalue weighted by Crippen LogP contribution is 2.41. The van der Waals surface area contributed by atoms with Gasteiger partial charge in [-0.25, -0.2) is 0 Å². The van der Waals surface area contributed by atoms with Gasteiger partial charge in [0.25, 0.3) is 0 Å². The molecule has 1 N–H and O–H groups in total. The summed E-state index contributed by atoms with van der Waals surface area (Å²) in [6, 6.07) is 0. The van der Waals surface area contributed by atoms with Crippen LogP contribution in [0.3, 0.4) is 0 Å². The average molecular weight is 350 g/mol. The van der Waals surface area contributed by atoms with Crippen molar-refractivity contribution in [1.29, 1.82) is 0 Å². The Labute approximate surface area is 152 Å². The maximum atomic E-state index is 10.2. The van der Waals surface area contributed by atoms with Crippen LogP contribution in [-0.4, -0.2) is 27.4 Å². The smallest absolute Gasteiger partial charge is 0.162 e. The van der Waals surface area contributed by atoms with Crippen molar-refractivity contribution in [2.45, 2.75) is 109 Å². The summed E-state index contributed by atoms with van der Waals surface area (Å²) >= 11 is 0. The highest BCUT2D eigenvalue weighted by Gasteiger charge is 2.47. The molecule has 0 radical (unpaired) electrons. The van der Waals surface area contributed by atoms with E-state index < -0.39 is 0 Å². The van der Waals surface area contributed by atoms with Gasteiger partial charge in [0, 0.05) is 19.3 Å². The molecule has 0 bridgehead atoms. The molecule has 0 aromatic carbocycles. The van der Waals surface area contributed by atoms with E-state index in [1.807, 2.05) is 0 Å². The molecule has 0 unspecified atom stereocenters. The molecule has 0 spiro atoms. The van der Waals surface area contributed by atoms with Crippen molar-refractivity contribution in [2.75, 3.05) is 0 Å². The Bertz CT molecular complexity index is 529. The number of piperidine rings is 1. The fourth-order valence-corrected chi connectivity index (χ4v) is 4.68. The first-order valence-corrected chi connectivity index (χ1v) is 10.0. The van der Waals surface area contributed by atoms with Gasteiger partial charge < -0.3 is 14.7 Å². The summed E-state index contributed by atoms with van der Waals surface area (Å²) in [6.07, 6.45) is 12.3. The molecule has 0 amide bonds. The summed E-state index contributed by atoms with van der Waals surface area (Å²) in [6.45, 7) is 8.63. The second-order valence-electron chi connectivity index (χ2n) is 9.14. The van der Waals surface area contributed by atoms with E-state index in [9.17, 15) is 5.11 Å². The van der Waals surface area contributed by atoms with E-state index in [1.165, 1.54) is 19.3 Å². The number of ether oxygens (including phenoxy) is 1. The van der Waals surface area contributed by atoms with E-state index in [2.05, 4.69) is 38.8 Å². The van der Waals surface area contributed by atoms with E-state index in [-0.39, 0.29) is 17.2 Å². The third kappa shape index (κ3) is 4.40. The lowest BCUT2D eigenvalue weighted by molar-refractivity contribution is -0.273. The molecule has 4 nitrogen and oxygen atoms in total. The highest BCUT2D eigenvalue weighted by molar-refractivity contribution is 5.11. The molecule has 0 aromatic rings. The Hall–Kier alpha value is -1.00. The standard InChI is InChI=1S/C21H35NO3/c1-20(2)14-16(23)15-21(3,4)22(20)25-19-13-9-8-12-18(19)24-17-10-6-5-7-11-17/h10,16,23H,5-9,11-15H2,1-4H3. The lowest BCUT2D eigenvalue weighted by Crippen LogP contribution is -2.61. The molecule has 142 valence electrons. The van der Waals surface area contributed by atoms with E-state index >= 15 is 0 Å². The van der Waals surface area contributed by atoms with Crippen LogP contribution in [0.1, 0.15) is 91.9 Å². The minimum Gasteiger partial charge on any atom is -0.463 e. The summed E-state index contributed by atoms with van der Waals surface area (Å²) in [5, 5.41) is 12.4. The van der Waals surface area contributed by atoms with Gasteiger partial charge in [-0.05, 0) is 78.7 Å². The molecular weight excluding hydrogens is 314 g/mol. The predicted molar refractivity (Wildman–Crippen MR) is 99.5 cm³/mol. The molecule has 0 atom stereocenters. The monoisotopic (exact) mass is 349 g/mol. The van der Waals surface area contributed by atoms with Crippen molar-refractivity contribution >= 4 is 0 Å². The lowest BCUT2D eigenvalue weighted by atomic mass is 9.80. The van der Waals surface area contributed by atoms with Crippen LogP contribution in [0, 0.1) is 0 Å². The zero-order valence-corrected chi connectivity index (χ0v) is 16.4. The van der Waals surface area contributed by atoms with Crippen molar-refractivity contribution in [1.82, 2.24) is 5.06 Å². The number of nitrogens with zero attached hydrogens (tertiary/aromatic N) is 1. The molecule has 2 aliphatic carbocycles. The Morgan fingerprint density at radius 1 is 0.920 bits per heavy atom. The SMILES string of the molecule is CC1(C)CC(O)CC(C)(C)N1OC1=C(OC2=CCCCC2)CCCC1. The maximum Gasteiger partial charge on any atom is 0.162 e. The van der Waals surface area contributed by atoms with Gasteiger partial charge in [-0.1, -0.05) is 0 Å². The summed E-state index contributed by atoms with van der Waals surface area (Å²) < 4.78 is 6.28. The first kappa shape index (κ1) is 18.8. The Morgan fingerprint density at radius 2 is 1.52 bits per heavy atom. The minimum atomic E-state index is -0.270. The number of hydrogen-bond acceptors (Lipinski definition) is 4. The van der Waals surface area contributed by atoms with Gasteiger partial charge in [-0.15, -0.1) is 5.06 Å². The van der Waals surface area contributed by atoms with E-state index in [0.29, 0.717) is 0 Å². The number of hydrogen-bond donors (Lipinski definition) is 1. The molecule has 0 aromatic heterocycles.